The zero-order chi connectivity index (χ0) is 33.8. The van der Waals surface area contributed by atoms with Crippen molar-refractivity contribution in [1.29, 1.82) is 0 Å². The van der Waals surface area contributed by atoms with Crippen molar-refractivity contribution in [2.75, 3.05) is 50.8 Å². The summed E-state index contributed by atoms with van der Waals surface area (Å²) in [5, 5.41) is 7.10. The zero-order valence-electron chi connectivity index (χ0n) is 28.2. The molecule has 0 radical (unpaired) electrons. The molecule has 4 aliphatic rings. The van der Waals surface area contributed by atoms with Gasteiger partial charge in [-0.3, -0.25) is 14.4 Å². The lowest BCUT2D eigenvalue weighted by molar-refractivity contribution is -0.141. The zero-order valence-corrected chi connectivity index (χ0v) is 28.9. The summed E-state index contributed by atoms with van der Waals surface area (Å²) in [5.74, 6) is -0.135. The lowest BCUT2D eigenvalue weighted by atomic mass is 9.85. The summed E-state index contributed by atoms with van der Waals surface area (Å²) in [4.78, 5) is 50.9. The minimum absolute atomic E-state index is 0.118. The number of piperidine rings is 2. The van der Waals surface area contributed by atoms with Gasteiger partial charge in [-0.15, -0.1) is 0 Å². The molecule has 1 spiro atoms. The van der Waals surface area contributed by atoms with Crippen LogP contribution in [0.1, 0.15) is 48.8 Å². The molecule has 0 bridgehead atoms. The van der Waals surface area contributed by atoms with E-state index >= 15 is 0 Å². The predicted molar refractivity (Wildman–Crippen MR) is 192 cm³/mol. The molecule has 4 heterocycles. The molecule has 3 fully saturated rings. The lowest BCUT2D eigenvalue weighted by Crippen LogP contribution is -2.60. The molecule has 0 saturated carbocycles. The lowest BCUT2D eigenvalue weighted by Gasteiger charge is -2.44. The van der Waals surface area contributed by atoms with Crippen molar-refractivity contribution in [3.63, 3.8) is 0 Å². The van der Waals surface area contributed by atoms with Crippen molar-refractivity contribution in [2.24, 2.45) is 0 Å². The summed E-state index contributed by atoms with van der Waals surface area (Å²) >= 11 is 6.17. The first kappa shape index (κ1) is 33.6. The molecule has 2 N–H and O–H groups in total. The van der Waals surface area contributed by atoms with Crippen molar-refractivity contribution in [1.82, 2.24) is 25.3 Å². The van der Waals surface area contributed by atoms with E-state index in [1.165, 1.54) is 24.8 Å². The molecule has 3 aromatic rings. The number of carbonyl (C=O) groups is 3. The molecule has 3 saturated heterocycles. The van der Waals surface area contributed by atoms with Crippen LogP contribution in [0.4, 0.5) is 5.69 Å². The van der Waals surface area contributed by atoms with E-state index in [0.29, 0.717) is 63.6 Å². The average molecular weight is 683 g/mol. The van der Waals surface area contributed by atoms with Gasteiger partial charge in [-0.25, -0.2) is 0 Å². The van der Waals surface area contributed by atoms with Crippen LogP contribution < -0.4 is 15.5 Å². The molecule has 0 aliphatic carbocycles. The molecule has 2 atom stereocenters. The Labute approximate surface area is 294 Å². The quantitative estimate of drug-likeness (QED) is 0.351. The number of fused-ring (bicyclic) bond motifs is 1. The van der Waals surface area contributed by atoms with Crippen LogP contribution in [0.3, 0.4) is 0 Å². The number of hydrogen-bond donors (Lipinski definition) is 2. The van der Waals surface area contributed by atoms with E-state index in [-0.39, 0.29) is 17.7 Å². The van der Waals surface area contributed by atoms with Crippen molar-refractivity contribution >= 4 is 35.0 Å². The highest BCUT2D eigenvalue weighted by atomic mass is 35.5. The molecular formula is C39H47ClN6O3. The fourth-order valence-electron chi connectivity index (χ4n) is 8.10. The van der Waals surface area contributed by atoms with E-state index in [1.807, 2.05) is 64.4 Å². The maximum atomic E-state index is 14.3. The van der Waals surface area contributed by atoms with Crippen molar-refractivity contribution in [2.45, 2.75) is 69.1 Å². The Balaban J connectivity index is 1.06. The summed E-state index contributed by atoms with van der Waals surface area (Å²) in [5.41, 5.74) is 3.60. The number of likely N-dealkylation sites (tertiary alicyclic amines) is 2. The molecule has 10 heteroatoms. The van der Waals surface area contributed by atoms with Gasteiger partial charge in [0.05, 0.1) is 12.7 Å². The third kappa shape index (κ3) is 7.35. The number of anilines is 1. The van der Waals surface area contributed by atoms with E-state index in [2.05, 4.69) is 44.7 Å². The second-order valence-corrected chi connectivity index (χ2v) is 14.5. The Hall–Kier alpha value is -3.92. The molecule has 0 aromatic heterocycles. The first-order valence-corrected chi connectivity index (χ1v) is 18.3. The molecular weight excluding hydrogens is 636 g/mol. The summed E-state index contributed by atoms with van der Waals surface area (Å²) in [6.07, 6.45) is 5.73. The SMILES string of the molecule is O=C(NC(Cc1ccc(Cl)cc1)C(=O)N1CCC2(CC1)C(=O)N(CCN1CCCCC1)CN2c1ccccc1)C1Cc2ccccc2CN1. The number of nitrogens with zero attached hydrogens (tertiary/aromatic N) is 4. The fraction of sp³-hybridized carbons (Fsp3) is 0.462. The molecule has 9 nitrogen and oxygen atoms in total. The number of amides is 3. The Morgan fingerprint density at radius 1 is 0.857 bits per heavy atom. The maximum absolute atomic E-state index is 14.3. The average Bonchev–Trinajstić information content (AvgIpc) is 3.41. The molecule has 3 amide bonds. The summed E-state index contributed by atoms with van der Waals surface area (Å²) in [6, 6.07) is 24.6. The minimum Gasteiger partial charge on any atom is -0.343 e. The van der Waals surface area contributed by atoms with Crippen LogP contribution in [0.2, 0.25) is 5.02 Å². The second kappa shape index (κ2) is 14.9. The monoisotopic (exact) mass is 682 g/mol. The maximum Gasteiger partial charge on any atom is 0.250 e. The molecule has 49 heavy (non-hydrogen) atoms. The van der Waals surface area contributed by atoms with Gasteiger partial charge >= 0.3 is 0 Å². The van der Waals surface area contributed by atoms with Crippen molar-refractivity contribution in [3.8, 4) is 0 Å². The third-order valence-electron chi connectivity index (χ3n) is 11.0. The third-order valence-corrected chi connectivity index (χ3v) is 11.2. The first-order chi connectivity index (χ1) is 23.9. The van der Waals surface area contributed by atoms with E-state index in [9.17, 15) is 14.4 Å². The van der Waals surface area contributed by atoms with Crippen molar-refractivity contribution in [3.05, 3.63) is 101 Å². The second-order valence-electron chi connectivity index (χ2n) is 14.0. The largest absolute Gasteiger partial charge is 0.343 e. The van der Waals surface area contributed by atoms with Crippen molar-refractivity contribution < 1.29 is 14.4 Å². The van der Waals surface area contributed by atoms with Gasteiger partial charge in [-0.1, -0.05) is 72.6 Å². The minimum atomic E-state index is -0.743. The van der Waals surface area contributed by atoms with E-state index in [4.69, 9.17) is 11.6 Å². The van der Waals surface area contributed by atoms with Gasteiger partial charge in [-0.2, -0.15) is 0 Å². The van der Waals surface area contributed by atoms with Gasteiger partial charge in [0, 0.05) is 49.9 Å². The van der Waals surface area contributed by atoms with Crippen LogP contribution in [0.5, 0.6) is 0 Å². The van der Waals surface area contributed by atoms with Gasteiger partial charge < -0.3 is 30.2 Å². The molecule has 258 valence electrons. The number of carbonyl (C=O) groups excluding carboxylic acids is 3. The molecule has 2 unspecified atom stereocenters. The topological polar surface area (TPSA) is 88.2 Å². The highest BCUT2D eigenvalue weighted by Crippen LogP contribution is 2.39. The van der Waals surface area contributed by atoms with Crippen LogP contribution in [0.15, 0.2) is 78.9 Å². The summed E-state index contributed by atoms with van der Waals surface area (Å²) in [6.45, 7) is 5.85. The summed E-state index contributed by atoms with van der Waals surface area (Å²) < 4.78 is 0. The number of benzene rings is 3. The Morgan fingerprint density at radius 2 is 1.55 bits per heavy atom. The summed E-state index contributed by atoms with van der Waals surface area (Å²) in [7, 11) is 0. The number of para-hydroxylation sites is 1. The fourth-order valence-corrected chi connectivity index (χ4v) is 8.23. The van der Waals surface area contributed by atoms with Gasteiger partial charge in [0.15, 0.2) is 0 Å². The standard InChI is InChI=1S/C39H47ClN6O3/c40-32-15-13-29(14-16-32)25-35(42-36(47)34-26-30-9-5-6-10-31(30)27-41-34)37(48)44-21-17-39(18-22-44)38(49)45(24-23-43-19-7-2-8-20-43)28-46(39)33-11-3-1-4-12-33/h1,3-6,9-16,34-35,41H,2,7-8,17-28H2,(H,42,47). The van der Waals surface area contributed by atoms with E-state index in [0.717, 1.165) is 36.4 Å². The predicted octanol–water partition coefficient (Wildman–Crippen LogP) is 4.24. The van der Waals surface area contributed by atoms with Crippen LogP contribution in [0.25, 0.3) is 0 Å². The van der Waals surface area contributed by atoms with Gasteiger partial charge in [0.2, 0.25) is 17.7 Å². The number of rotatable bonds is 9. The first-order valence-electron chi connectivity index (χ1n) is 17.9. The van der Waals surface area contributed by atoms with Gasteiger partial charge in [0.25, 0.3) is 0 Å². The number of hydrogen-bond acceptors (Lipinski definition) is 6. The number of nitrogens with one attached hydrogen (secondary N) is 2. The highest BCUT2D eigenvalue weighted by Gasteiger charge is 2.54. The van der Waals surface area contributed by atoms with Crippen LogP contribution in [0, 0.1) is 0 Å². The molecule has 4 aliphatic heterocycles. The van der Waals surface area contributed by atoms with Crippen LogP contribution in [-0.4, -0.2) is 96.0 Å². The molecule has 7 rings (SSSR count). The van der Waals surface area contributed by atoms with Gasteiger partial charge in [0.1, 0.15) is 11.6 Å². The highest BCUT2D eigenvalue weighted by molar-refractivity contribution is 6.30. The molecule has 3 aromatic carbocycles. The van der Waals surface area contributed by atoms with Gasteiger partial charge in [-0.05, 0) is 86.1 Å². The van der Waals surface area contributed by atoms with E-state index < -0.39 is 17.6 Å². The number of halogens is 1. The smallest absolute Gasteiger partial charge is 0.250 e. The Kier molecular flexibility index (Phi) is 10.2. The van der Waals surface area contributed by atoms with E-state index in [1.54, 1.807) is 0 Å². The van der Waals surface area contributed by atoms with Crippen LogP contribution >= 0.6 is 11.6 Å². The normalized spacial score (nSPS) is 21.4. The Bertz CT molecular complexity index is 1620. The van der Waals surface area contributed by atoms with Crippen LogP contribution in [-0.2, 0) is 33.8 Å². The Morgan fingerprint density at radius 3 is 2.29 bits per heavy atom.